The minimum absolute atomic E-state index is 0.0181. The topological polar surface area (TPSA) is 32.3 Å². The van der Waals surface area contributed by atoms with Crippen LogP contribution < -0.4 is 5.32 Å². The third kappa shape index (κ3) is 3.62. The van der Waals surface area contributed by atoms with E-state index in [-0.39, 0.29) is 5.91 Å². The summed E-state index contributed by atoms with van der Waals surface area (Å²) in [6, 6.07) is 5.01. The van der Waals surface area contributed by atoms with Crippen LogP contribution in [-0.2, 0) is 0 Å². The molecule has 19 heavy (non-hydrogen) atoms. The van der Waals surface area contributed by atoms with Crippen molar-refractivity contribution in [3.05, 3.63) is 33.8 Å². The van der Waals surface area contributed by atoms with Gasteiger partial charge in [0.25, 0.3) is 5.91 Å². The Labute approximate surface area is 123 Å². The van der Waals surface area contributed by atoms with E-state index in [0.29, 0.717) is 21.5 Å². The number of piperidine rings is 1. The van der Waals surface area contributed by atoms with Crippen molar-refractivity contribution in [1.29, 1.82) is 0 Å². The zero-order valence-corrected chi connectivity index (χ0v) is 12.5. The highest BCUT2D eigenvalue weighted by molar-refractivity contribution is 6.35. The Bertz CT molecular complexity index is 457. The van der Waals surface area contributed by atoms with Gasteiger partial charge in [-0.1, -0.05) is 23.2 Å². The van der Waals surface area contributed by atoms with Crippen molar-refractivity contribution in [3.63, 3.8) is 0 Å². The third-order valence-electron chi connectivity index (χ3n) is 3.55. The normalized spacial score (nSPS) is 16.7. The summed E-state index contributed by atoms with van der Waals surface area (Å²) in [5.74, 6) is 0.638. The van der Waals surface area contributed by atoms with Crippen LogP contribution in [0.2, 0.25) is 10.0 Å². The van der Waals surface area contributed by atoms with E-state index in [1.807, 2.05) is 11.9 Å². The summed E-state index contributed by atoms with van der Waals surface area (Å²) in [4.78, 5) is 14.3. The molecule has 0 atom stereocenters. The second-order valence-electron chi connectivity index (χ2n) is 4.92. The fourth-order valence-electron chi connectivity index (χ4n) is 2.46. The van der Waals surface area contributed by atoms with Crippen molar-refractivity contribution in [2.75, 3.05) is 26.7 Å². The Hall–Kier alpha value is -0.770. The first-order valence-electron chi connectivity index (χ1n) is 6.50. The molecule has 1 aliphatic heterocycles. The monoisotopic (exact) mass is 300 g/mol. The smallest absolute Gasteiger partial charge is 0.255 e. The van der Waals surface area contributed by atoms with Gasteiger partial charge < -0.3 is 10.2 Å². The van der Waals surface area contributed by atoms with Crippen molar-refractivity contribution >= 4 is 29.1 Å². The average molecular weight is 301 g/mol. The summed E-state index contributed by atoms with van der Waals surface area (Å²) in [7, 11) is 1.96. The van der Waals surface area contributed by atoms with Crippen LogP contribution in [0.25, 0.3) is 0 Å². The first-order chi connectivity index (χ1) is 9.11. The number of likely N-dealkylation sites (tertiary alicyclic amines) is 1. The largest absolute Gasteiger partial charge is 0.339 e. The van der Waals surface area contributed by atoms with Gasteiger partial charge >= 0.3 is 0 Å². The van der Waals surface area contributed by atoms with E-state index in [1.54, 1.807) is 18.2 Å². The Morgan fingerprint density at radius 1 is 1.37 bits per heavy atom. The van der Waals surface area contributed by atoms with Gasteiger partial charge in [-0.05, 0) is 50.6 Å². The number of carbonyl (C=O) groups is 1. The molecule has 1 N–H and O–H groups in total. The molecule has 1 aliphatic rings. The molecular formula is C14H18Cl2N2O. The van der Waals surface area contributed by atoms with Crippen LogP contribution in [0.3, 0.4) is 0 Å². The lowest BCUT2D eigenvalue weighted by Crippen LogP contribution is -2.40. The molecule has 0 unspecified atom stereocenters. The maximum Gasteiger partial charge on any atom is 0.255 e. The number of hydrogen-bond acceptors (Lipinski definition) is 2. The molecule has 0 bridgehead atoms. The van der Waals surface area contributed by atoms with Gasteiger partial charge in [-0.15, -0.1) is 0 Å². The van der Waals surface area contributed by atoms with Crippen LogP contribution in [0.1, 0.15) is 23.2 Å². The minimum Gasteiger partial charge on any atom is -0.339 e. The zero-order chi connectivity index (χ0) is 13.8. The first-order valence-corrected chi connectivity index (χ1v) is 7.26. The Morgan fingerprint density at radius 3 is 2.68 bits per heavy atom. The van der Waals surface area contributed by atoms with E-state index >= 15 is 0 Å². The van der Waals surface area contributed by atoms with Crippen LogP contribution in [0.4, 0.5) is 0 Å². The highest BCUT2D eigenvalue weighted by Crippen LogP contribution is 2.24. The van der Waals surface area contributed by atoms with Crippen LogP contribution in [0.15, 0.2) is 18.2 Å². The lowest BCUT2D eigenvalue weighted by molar-refractivity contribution is 0.0691. The molecule has 5 heteroatoms. The lowest BCUT2D eigenvalue weighted by Gasteiger charge is -2.32. The molecule has 0 saturated carbocycles. The SMILES string of the molecule is CNCC1CCN(C(=O)c2cc(Cl)ccc2Cl)CC1. The standard InChI is InChI=1S/C14H18Cl2N2O/c1-17-9-10-4-6-18(7-5-10)14(19)12-8-11(15)2-3-13(12)16/h2-3,8,10,17H,4-7,9H2,1H3. The van der Waals surface area contributed by atoms with Crippen LogP contribution >= 0.6 is 23.2 Å². The number of amides is 1. The van der Waals surface area contributed by atoms with E-state index in [0.717, 1.165) is 32.5 Å². The second-order valence-corrected chi connectivity index (χ2v) is 5.76. The second kappa shape index (κ2) is 6.60. The summed E-state index contributed by atoms with van der Waals surface area (Å²) >= 11 is 12.0. The number of hydrogen-bond donors (Lipinski definition) is 1. The van der Waals surface area contributed by atoms with E-state index in [9.17, 15) is 4.79 Å². The number of carbonyl (C=O) groups excluding carboxylic acids is 1. The molecule has 0 radical (unpaired) electrons. The quantitative estimate of drug-likeness (QED) is 0.930. The minimum atomic E-state index is -0.0181. The maximum absolute atomic E-state index is 12.4. The van der Waals surface area contributed by atoms with Gasteiger partial charge in [-0.3, -0.25) is 4.79 Å². The van der Waals surface area contributed by atoms with Gasteiger partial charge in [0.1, 0.15) is 0 Å². The molecule has 1 heterocycles. The Morgan fingerprint density at radius 2 is 2.05 bits per heavy atom. The van der Waals surface area contributed by atoms with Gasteiger partial charge in [-0.2, -0.15) is 0 Å². The van der Waals surface area contributed by atoms with Gasteiger partial charge in [0.15, 0.2) is 0 Å². The molecule has 1 amide bonds. The fourth-order valence-corrected chi connectivity index (χ4v) is 2.83. The van der Waals surface area contributed by atoms with Gasteiger partial charge in [-0.25, -0.2) is 0 Å². The molecule has 1 aromatic carbocycles. The molecular weight excluding hydrogens is 283 g/mol. The Kier molecular flexibility index (Phi) is 5.08. The molecule has 1 aromatic rings. The molecule has 0 aliphatic carbocycles. The van der Waals surface area contributed by atoms with Crippen molar-refractivity contribution in [2.45, 2.75) is 12.8 Å². The van der Waals surface area contributed by atoms with Crippen LogP contribution in [-0.4, -0.2) is 37.5 Å². The van der Waals surface area contributed by atoms with Gasteiger partial charge in [0.2, 0.25) is 0 Å². The average Bonchev–Trinajstić information content (AvgIpc) is 2.42. The first kappa shape index (κ1) is 14.6. The highest BCUT2D eigenvalue weighted by Gasteiger charge is 2.24. The molecule has 3 nitrogen and oxygen atoms in total. The van der Waals surface area contributed by atoms with Crippen LogP contribution in [0.5, 0.6) is 0 Å². The van der Waals surface area contributed by atoms with Crippen molar-refractivity contribution in [2.24, 2.45) is 5.92 Å². The number of rotatable bonds is 3. The molecule has 2 rings (SSSR count). The molecule has 1 saturated heterocycles. The molecule has 104 valence electrons. The summed E-state index contributed by atoms with van der Waals surface area (Å²) in [6.07, 6.45) is 2.07. The van der Waals surface area contributed by atoms with E-state index < -0.39 is 0 Å². The number of benzene rings is 1. The van der Waals surface area contributed by atoms with Crippen molar-refractivity contribution in [1.82, 2.24) is 10.2 Å². The Balaban J connectivity index is 2.03. The lowest BCUT2D eigenvalue weighted by atomic mass is 9.96. The highest BCUT2D eigenvalue weighted by atomic mass is 35.5. The number of halogens is 2. The third-order valence-corrected chi connectivity index (χ3v) is 4.12. The van der Waals surface area contributed by atoms with Gasteiger partial charge in [0, 0.05) is 18.1 Å². The summed E-state index contributed by atoms with van der Waals surface area (Å²) in [5, 5.41) is 4.19. The summed E-state index contributed by atoms with van der Waals surface area (Å²) in [5.41, 5.74) is 0.501. The van der Waals surface area contributed by atoms with E-state index in [1.165, 1.54) is 0 Å². The predicted octanol–water partition coefficient (Wildman–Crippen LogP) is 3.07. The zero-order valence-electron chi connectivity index (χ0n) is 11.0. The number of nitrogens with zero attached hydrogens (tertiary/aromatic N) is 1. The predicted molar refractivity (Wildman–Crippen MR) is 79.0 cm³/mol. The van der Waals surface area contributed by atoms with Crippen molar-refractivity contribution < 1.29 is 4.79 Å². The molecule has 0 spiro atoms. The van der Waals surface area contributed by atoms with E-state index in [2.05, 4.69) is 5.32 Å². The molecule has 0 aromatic heterocycles. The number of nitrogens with one attached hydrogen (secondary N) is 1. The van der Waals surface area contributed by atoms with Crippen LogP contribution in [0, 0.1) is 5.92 Å². The van der Waals surface area contributed by atoms with Gasteiger partial charge in [0.05, 0.1) is 10.6 Å². The summed E-state index contributed by atoms with van der Waals surface area (Å²) < 4.78 is 0. The molecule has 1 fully saturated rings. The van der Waals surface area contributed by atoms with E-state index in [4.69, 9.17) is 23.2 Å². The summed E-state index contributed by atoms with van der Waals surface area (Å²) in [6.45, 7) is 2.59. The fraction of sp³-hybridized carbons (Fsp3) is 0.500. The van der Waals surface area contributed by atoms with Crippen molar-refractivity contribution in [3.8, 4) is 0 Å². The maximum atomic E-state index is 12.4.